The molecule has 1 aromatic heterocycles. The number of aromatic nitrogens is 2. The predicted molar refractivity (Wildman–Crippen MR) is 142 cm³/mol. The fraction of sp³-hybridized carbons (Fsp3) is 0.593. The molecule has 2 fully saturated rings. The Labute approximate surface area is 214 Å². The third kappa shape index (κ3) is 5.48. The Morgan fingerprint density at radius 1 is 1.11 bits per heavy atom. The van der Waals surface area contributed by atoms with Gasteiger partial charge in [0.2, 0.25) is 0 Å². The monoisotopic (exact) mass is 493 g/mol. The SMILES string of the molecule is CCNC(=O)Nc1ccc(-c2nc3c(c(N4CCOCC4C)n2)CCN(C2CCN(C)CC2)C3)cc1. The fourth-order valence-electron chi connectivity index (χ4n) is 5.55. The Balaban J connectivity index is 1.44. The molecule has 2 amide bonds. The van der Waals surface area contributed by atoms with Crippen LogP contribution in [0.3, 0.4) is 0 Å². The molecule has 0 radical (unpaired) electrons. The topological polar surface area (TPSA) is 85.9 Å². The minimum atomic E-state index is -0.201. The van der Waals surface area contributed by atoms with Crippen LogP contribution >= 0.6 is 0 Å². The Morgan fingerprint density at radius 3 is 2.61 bits per heavy atom. The van der Waals surface area contributed by atoms with Crippen LogP contribution in [-0.2, 0) is 17.7 Å². The third-order valence-corrected chi connectivity index (χ3v) is 7.66. The van der Waals surface area contributed by atoms with E-state index in [4.69, 9.17) is 14.7 Å². The van der Waals surface area contributed by atoms with Gasteiger partial charge in [0.15, 0.2) is 5.82 Å². The number of amides is 2. The van der Waals surface area contributed by atoms with Crippen LogP contribution in [0.15, 0.2) is 24.3 Å². The van der Waals surface area contributed by atoms with Gasteiger partial charge in [-0.05, 0) is 77.5 Å². The van der Waals surface area contributed by atoms with E-state index < -0.39 is 0 Å². The first kappa shape index (κ1) is 24.9. The molecule has 0 aliphatic carbocycles. The van der Waals surface area contributed by atoms with Crippen molar-refractivity contribution < 1.29 is 9.53 Å². The van der Waals surface area contributed by atoms with Crippen molar-refractivity contribution in [3.8, 4) is 11.4 Å². The molecule has 2 aromatic rings. The zero-order valence-corrected chi connectivity index (χ0v) is 21.8. The van der Waals surface area contributed by atoms with Crippen LogP contribution in [0.1, 0.15) is 37.9 Å². The van der Waals surface area contributed by atoms with Crippen molar-refractivity contribution in [2.24, 2.45) is 0 Å². The lowest BCUT2D eigenvalue weighted by Gasteiger charge is -2.41. The standard InChI is InChI=1S/C27H39N7O2/c1-4-28-27(35)29-21-7-5-20(6-8-21)25-30-24-17-33(22-9-12-32(3)13-10-22)14-11-23(24)26(31-25)34-15-16-36-18-19(34)2/h5-8,19,22H,4,9-18H2,1-3H3,(H2,28,29,35). The third-order valence-electron chi connectivity index (χ3n) is 7.66. The summed E-state index contributed by atoms with van der Waals surface area (Å²) in [4.78, 5) is 29.6. The van der Waals surface area contributed by atoms with Crippen molar-refractivity contribution in [1.29, 1.82) is 0 Å². The van der Waals surface area contributed by atoms with E-state index in [1.807, 2.05) is 31.2 Å². The zero-order chi connectivity index (χ0) is 25.1. The zero-order valence-electron chi connectivity index (χ0n) is 21.8. The molecule has 194 valence electrons. The van der Waals surface area contributed by atoms with Crippen molar-refractivity contribution in [2.75, 3.05) is 63.2 Å². The second-order valence-corrected chi connectivity index (χ2v) is 10.2. The molecule has 2 saturated heterocycles. The van der Waals surface area contributed by atoms with Crippen LogP contribution in [-0.4, -0.2) is 90.9 Å². The molecule has 0 spiro atoms. The molecule has 1 atom stereocenters. The molecule has 0 saturated carbocycles. The summed E-state index contributed by atoms with van der Waals surface area (Å²) in [5, 5.41) is 5.62. The van der Waals surface area contributed by atoms with E-state index in [1.165, 1.54) is 18.4 Å². The van der Waals surface area contributed by atoms with Gasteiger partial charge in [0.1, 0.15) is 5.82 Å². The molecule has 5 rings (SSSR count). The smallest absolute Gasteiger partial charge is 0.319 e. The van der Waals surface area contributed by atoms with Gasteiger partial charge >= 0.3 is 6.03 Å². The summed E-state index contributed by atoms with van der Waals surface area (Å²) in [6.45, 7) is 11.3. The summed E-state index contributed by atoms with van der Waals surface area (Å²) < 4.78 is 5.72. The van der Waals surface area contributed by atoms with Crippen LogP contribution < -0.4 is 15.5 Å². The maximum Gasteiger partial charge on any atom is 0.319 e. The Bertz CT molecular complexity index is 1050. The second kappa shape index (κ2) is 11.1. The number of nitrogens with zero attached hydrogens (tertiary/aromatic N) is 5. The van der Waals surface area contributed by atoms with Gasteiger partial charge in [0, 0.05) is 49.0 Å². The number of morpholine rings is 1. The molecule has 2 N–H and O–H groups in total. The molecule has 36 heavy (non-hydrogen) atoms. The lowest BCUT2D eigenvalue weighted by molar-refractivity contribution is 0.0974. The average molecular weight is 494 g/mol. The van der Waals surface area contributed by atoms with Crippen LogP contribution in [0.25, 0.3) is 11.4 Å². The number of rotatable bonds is 5. The van der Waals surface area contributed by atoms with E-state index in [0.717, 1.165) is 80.9 Å². The summed E-state index contributed by atoms with van der Waals surface area (Å²) in [7, 11) is 2.22. The van der Waals surface area contributed by atoms with Crippen molar-refractivity contribution in [1.82, 2.24) is 25.1 Å². The largest absolute Gasteiger partial charge is 0.377 e. The lowest BCUT2D eigenvalue weighted by atomic mass is 9.97. The molecular formula is C27H39N7O2. The van der Waals surface area contributed by atoms with E-state index in [1.54, 1.807) is 0 Å². The molecule has 1 aromatic carbocycles. The first-order valence-electron chi connectivity index (χ1n) is 13.3. The molecular weight excluding hydrogens is 454 g/mol. The fourth-order valence-corrected chi connectivity index (χ4v) is 5.55. The number of hydrogen-bond donors (Lipinski definition) is 2. The summed E-state index contributed by atoms with van der Waals surface area (Å²) in [6, 6.07) is 8.51. The van der Waals surface area contributed by atoms with Gasteiger partial charge in [-0.2, -0.15) is 0 Å². The number of hydrogen-bond acceptors (Lipinski definition) is 7. The molecule has 3 aliphatic heterocycles. The van der Waals surface area contributed by atoms with E-state index >= 15 is 0 Å². The van der Waals surface area contributed by atoms with Gasteiger partial charge in [0.25, 0.3) is 0 Å². The number of fused-ring (bicyclic) bond motifs is 1. The molecule has 3 aliphatic rings. The van der Waals surface area contributed by atoms with E-state index in [2.05, 4.69) is 39.3 Å². The highest BCUT2D eigenvalue weighted by Crippen LogP contribution is 2.33. The minimum absolute atomic E-state index is 0.201. The maximum atomic E-state index is 11.9. The van der Waals surface area contributed by atoms with Crippen LogP contribution in [0, 0.1) is 0 Å². The summed E-state index contributed by atoms with van der Waals surface area (Å²) in [6.07, 6.45) is 3.42. The number of likely N-dealkylation sites (tertiary alicyclic amines) is 1. The number of ether oxygens (including phenoxy) is 1. The Morgan fingerprint density at radius 2 is 1.89 bits per heavy atom. The minimum Gasteiger partial charge on any atom is -0.377 e. The lowest BCUT2D eigenvalue weighted by Crippen LogP contribution is -2.47. The summed E-state index contributed by atoms with van der Waals surface area (Å²) >= 11 is 0. The van der Waals surface area contributed by atoms with Crippen LogP contribution in [0.5, 0.6) is 0 Å². The Kier molecular flexibility index (Phi) is 7.69. The molecule has 1 unspecified atom stereocenters. The van der Waals surface area contributed by atoms with Crippen LogP contribution in [0.4, 0.5) is 16.3 Å². The van der Waals surface area contributed by atoms with Crippen molar-refractivity contribution in [3.05, 3.63) is 35.5 Å². The van der Waals surface area contributed by atoms with Gasteiger partial charge < -0.3 is 25.2 Å². The van der Waals surface area contributed by atoms with E-state index in [0.29, 0.717) is 12.6 Å². The predicted octanol–water partition coefficient (Wildman–Crippen LogP) is 2.96. The quantitative estimate of drug-likeness (QED) is 0.662. The number of piperidine rings is 1. The van der Waals surface area contributed by atoms with E-state index in [-0.39, 0.29) is 12.1 Å². The Hall–Kier alpha value is -2.75. The normalized spacial score (nSPS) is 21.8. The number of urea groups is 1. The van der Waals surface area contributed by atoms with Crippen molar-refractivity contribution >= 4 is 17.5 Å². The van der Waals surface area contributed by atoms with Gasteiger partial charge in [-0.1, -0.05) is 0 Å². The van der Waals surface area contributed by atoms with Gasteiger partial charge in [-0.25, -0.2) is 14.8 Å². The van der Waals surface area contributed by atoms with Crippen molar-refractivity contribution in [3.63, 3.8) is 0 Å². The highest BCUT2D eigenvalue weighted by atomic mass is 16.5. The highest BCUT2D eigenvalue weighted by Gasteiger charge is 2.32. The molecule has 9 heteroatoms. The number of anilines is 2. The average Bonchev–Trinajstić information content (AvgIpc) is 2.89. The number of nitrogens with one attached hydrogen (secondary N) is 2. The number of benzene rings is 1. The van der Waals surface area contributed by atoms with Crippen LogP contribution in [0.2, 0.25) is 0 Å². The maximum absolute atomic E-state index is 11.9. The van der Waals surface area contributed by atoms with Gasteiger partial charge in [-0.15, -0.1) is 0 Å². The van der Waals surface area contributed by atoms with Gasteiger partial charge in [-0.3, -0.25) is 4.90 Å². The first-order chi connectivity index (χ1) is 17.5. The van der Waals surface area contributed by atoms with Gasteiger partial charge in [0.05, 0.1) is 24.9 Å². The molecule has 9 nitrogen and oxygen atoms in total. The summed E-state index contributed by atoms with van der Waals surface area (Å²) in [5.74, 6) is 1.82. The number of carbonyl (C=O) groups excluding carboxylic acids is 1. The summed E-state index contributed by atoms with van der Waals surface area (Å²) in [5.41, 5.74) is 4.16. The first-order valence-corrected chi connectivity index (χ1v) is 13.3. The highest BCUT2D eigenvalue weighted by molar-refractivity contribution is 5.89. The molecule has 4 heterocycles. The van der Waals surface area contributed by atoms with E-state index in [9.17, 15) is 4.79 Å². The second-order valence-electron chi connectivity index (χ2n) is 10.2. The number of carbonyl (C=O) groups is 1. The van der Waals surface area contributed by atoms with Crippen molar-refractivity contribution in [2.45, 2.75) is 51.7 Å². The molecule has 0 bridgehead atoms.